The Labute approximate surface area is 200 Å². The lowest BCUT2D eigenvalue weighted by Crippen LogP contribution is -2.15. The quantitative estimate of drug-likeness (QED) is 0.338. The highest BCUT2D eigenvalue weighted by Crippen LogP contribution is 2.31. The van der Waals surface area contributed by atoms with Crippen LogP contribution in [-0.4, -0.2) is 43.7 Å². The molecule has 0 aliphatic rings. The zero-order valence-electron chi connectivity index (χ0n) is 18.6. The number of rotatable bonds is 8. The third kappa shape index (κ3) is 5.38. The molecule has 4 aromatic rings. The van der Waals surface area contributed by atoms with Gasteiger partial charge < -0.3 is 9.47 Å². The van der Waals surface area contributed by atoms with Crippen LogP contribution in [0.15, 0.2) is 71.6 Å². The monoisotopic (exact) mass is 497 g/mol. The normalized spacial score (nSPS) is 11.1. The Morgan fingerprint density at radius 3 is 2.34 bits per heavy atom. The highest BCUT2D eigenvalue weighted by Gasteiger charge is 2.17. The Balaban J connectivity index is 1.46. The summed E-state index contributed by atoms with van der Waals surface area (Å²) in [7, 11) is -0.869. The second kappa shape index (κ2) is 9.81. The van der Waals surface area contributed by atoms with Crippen LogP contribution in [0.5, 0.6) is 11.5 Å². The Bertz CT molecular complexity index is 1450. The van der Waals surface area contributed by atoms with E-state index in [4.69, 9.17) is 9.47 Å². The average Bonchev–Trinajstić information content (AvgIpc) is 3.33. The van der Waals surface area contributed by atoms with E-state index in [1.807, 2.05) is 0 Å². The molecule has 0 spiro atoms. The van der Waals surface area contributed by atoms with Crippen molar-refractivity contribution in [3.8, 4) is 22.9 Å². The summed E-state index contributed by atoms with van der Waals surface area (Å²) in [5, 5.41) is 9.29. The van der Waals surface area contributed by atoms with Crippen LogP contribution in [-0.2, 0) is 10.0 Å². The lowest BCUT2D eigenvalue weighted by Gasteiger charge is -2.09. The van der Waals surface area contributed by atoms with E-state index in [1.54, 1.807) is 25.3 Å². The van der Waals surface area contributed by atoms with E-state index < -0.39 is 21.7 Å². The Morgan fingerprint density at radius 1 is 0.971 bits per heavy atom. The lowest BCUT2D eigenvalue weighted by atomic mass is 10.2. The number of carbonyl (C=O) groups excluding carboxylic acids is 1. The number of benzene rings is 3. The van der Waals surface area contributed by atoms with Gasteiger partial charge >= 0.3 is 0 Å². The van der Waals surface area contributed by atoms with Crippen LogP contribution in [0.2, 0.25) is 0 Å². The van der Waals surface area contributed by atoms with E-state index in [2.05, 4.69) is 25.2 Å². The molecule has 12 heteroatoms. The van der Waals surface area contributed by atoms with Crippen LogP contribution in [0.4, 0.5) is 16.0 Å². The number of hydrogen-bond acceptors (Lipinski definition) is 7. The molecule has 180 valence electrons. The van der Waals surface area contributed by atoms with E-state index in [0.29, 0.717) is 22.9 Å². The molecule has 35 heavy (non-hydrogen) atoms. The molecular formula is C23H20FN5O5S. The van der Waals surface area contributed by atoms with Gasteiger partial charge in [-0.15, -0.1) is 5.10 Å². The molecule has 1 amide bonds. The van der Waals surface area contributed by atoms with E-state index >= 15 is 0 Å². The molecule has 10 nitrogen and oxygen atoms in total. The molecule has 0 fully saturated rings. The fourth-order valence-electron chi connectivity index (χ4n) is 3.12. The SMILES string of the molecule is COc1ccc(-c2nc(NC(=O)c3ccc(S(=O)(=O)Nc4ccc(F)cc4)cc3)n[nH]2)c(OC)c1. The maximum atomic E-state index is 13.0. The predicted octanol–water partition coefficient (Wildman–Crippen LogP) is 3.68. The molecule has 0 saturated heterocycles. The first-order valence-electron chi connectivity index (χ1n) is 10.1. The molecule has 1 heterocycles. The molecule has 1 aromatic heterocycles. The number of nitrogens with one attached hydrogen (secondary N) is 3. The number of aromatic amines is 1. The van der Waals surface area contributed by atoms with E-state index in [-0.39, 0.29) is 22.1 Å². The van der Waals surface area contributed by atoms with Gasteiger partial charge in [0.15, 0.2) is 5.82 Å². The van der Waals surface area contributed by atoms with E-state index in [1.165, 1.54) is 43.5 Å². The van der Waals surface area contributed by atoms with Gasteiger partial charge in [-0.3, -0.25) is 19.9 Å². The number of anilines is 2. The summed E-state index contributed by atoms with van der Waals surface area (Å²) < 4.78 is 51.0. The van der Waals surface area contributed by atoms with Gasteiger partial charge in [0.05, 0.1) is 24.7 Å². The summed E-state index contributed by atoms with van der Waals surface area (Å²) in [5.41, 5.74) is 1.02. The van der Waals surface area contributed by atoms with Crippen LogP contribution in [0.25, 0.3) is 11.4 Å². The lowest BCUT2D eigenvalue weighted by molar-refractivity contribution is 0.102. The summed E-state index contributed by atoms with van der Waals surface area (Å²) in [6.45, 7) is 0. The second-order valence-corrected chi connectivity index (χ2v) is 8.85. The van der Waals surface area contributed by atoms with Crippen molar-refractivity contribution in [1.82, 2.24) is 15.2 Å². The molecule has 0 saturated carbocycles. The maximum Gasteiger partial charge on any atom is 0.261 e. The van der Waals surface area contributed by atoms with Gasteiger partial charge in [-0.2, -0.15) is 4.98 Å². The second-order valence-electron chi connectivity index (χ2n) is 7.16. The Hall–Kier alpha value is -4.45. The largest absolute Gasteiger partial charge is 0.497 e. The molecule has 0 unspecified atom stereocenters. The predicted molar refractivity (Wildman–Crippen MR) is 127 cm³/mol. The van der Waals surface area contributed by atoms with Gasteiger partial charge in [0.1, 0.15) is 17.3 Å². The van der Waals surface area contributed by atoms with Crippen molar-refractivity contribution in [3.05, 3.63) is 78.1 Å². The Morgan fingerprint density at radius 2 is 1.69 bits per heavy atom. The number of methoxy groups -OCH3 is 2. The van der Waals surface area contributed by atoms with Gasteiger partial charge in [-0.25, -0.2) is 12.8 Å². The fraction of sp³-hybridized carbons (Fsp3) is 0.0870. The number of amides is 1. The zero-order chi connectivity index (χ0) is 25.0. The highest BCUT2D eigenvalue weighted by molar-refractivity contribution is 7.92. The number of ether oxygens (including phenoxy) is 2. The van der Waals surface area contributed by atoms with Crippen molar-refractivity contribution < 1.29 is 27.1 Å². The first-order chi connectivity index (χ1) is 16.8. The molecule has 0 atom stereocenters. The summed E-state index contributed by atoms with van der Waals surface area (Å²) >= 11 is 0. The molecule has 0 aliphatic heterocycles. The first kappa shape index (κ1) is 23.7. The minimum atomic E-state index is -3.92. The Kier molecular flexibility index (Phi) is 6.64. The standard InChI is InChI=1S/C23H20FN5O5S/c1-33-17-9-12-19(20(13-17)34-2)21-25-23(28-27-21)26-22(30)14-3-10-18(11-4-14)35(31,32)29-16-7-5-15(24)6-8-16/h3-13,29H,1-2H3,(H2,25,26,27,28,30). The number of nitrogens with zero attached hydrogens (tertiary/aromatic N) is 2. The molecule has 3 N–H and O–H groups in total. The van der Waals surface area contributed by atoms with Crippen LogP contribution < -0.4 is 19.5 Å². The van der Waals surface area contributed by atoms with Crippen molar-refractivity contribution in [2.75, 3.05) is 24.3 Å². The van der Waals surface area contributed by atoms with Crippen molar-refractivity contribution in [2.45, 2.75) is 4.90 Å². The number of carbonyl (C=O) groups is 1. The zero-order valence-corrected chi connectivity index (χ0v) is 19.4. The third-order valence-corrected chi connectivity index (χ3v) is 6.30. The topological polar surface area (TPSA) is 135 Å². The highest BCUT2D eigenvalue weighted by atomic mass is 32.2. The van der Waals surface area contributed by atoms with Crippen LogP contribution in [0, 0.1) is 5.82 Å². The summed E-state index contributed by atoms with van der Waals surface area (Å²) in [5.74, 6) is 0.490. The molecule has 0 bridgehead atoms. The smallest absolute Gasteiger partial charge is 0.261 e. The number of halogens is 1. The van der Waals surface area contributed by atoms with Crippen molar-refractivity contribution >= 4 is 27.6 Å². The van der Waals surface area contributed by atoms with Crippen molar-refractivity contribution in [1.29, 1.82) is 0 Å². The molecule has 3 aromatic carbocycles. The van der Waals surface area contributed by atoms with Gasteiger partial charge in [0.25, 0.3) is 15.9 Å². The minimum Gasteiger partial charge on any atom is -0.497 e. The third-order valence-electron chi connectivity index (χ3n) is 4.90. The maximum absolute atomic E-state index is 13.0. The summed E-state index contributed by atoms with van der Waals surface area (Å²) in [6.07, 6.45) is 0. The number of H-pyrrole nitrogens is 1. The van der Waals surface area contributed by atoms with Crippen molar-refractivity contribution in [2.24, 2.45) is 0 Å². The molecular weight excluding hydrogens is 477 g/mol. The summed E-state index contributed by atoms with van der Waals surface area (Å²) in [6, 6.07) is 15.3. The average molecular weight is 498 g/mol. The van der Waals surface area contributed by atoms with E-state index in [0.717, 1.165) is 12.1 Å². The van der Waals surface area contributed by atoms with Gasteiger partial charge in [-0.05, 0) is 60.7 Å². The van der Waals surface area contributed by atoms with Gasteiger partial charge in [0, 0.05) is 17.3 Å². The van der Waals surface area contributed by atoms with Crippen LogP contribution >= 0.6 is 0 Å². The van der Waals surface area contributed by atoms with Crippen LogP contribution in [0.1, 0.15) is 10.4 Å². The van der Waals surface area contributed by atoms with Gasteiger partial charge in [0.2, 0.25) is 5.95 Å². The number of hydrogen-bond donors (Lipinski definition) is 3. The van der Waals surface area contributed by atoms with Gasteiger partial charge in [-0.1, -0.05) is 0 Å². The van der Waals surface area contributed by atoms with Crippen LogP contribution in [0.3, 0.4) is 0 Å². The minimum absolute atomic E-state index is 0.0255. The summed E-state index contributed by atoms with van der Waals surface area (Å²) in [4.78, 5) is 16.8. The first-order valence-corrected chi connectivity index (χ1v) is 11.6. The van der Waals surface area contributed by atoms with Crippen molar-refractivity contribution in [3.63, 3.8) is 0 Å². The molecule has 0 aliphatic carbocycles. The molecule has 4 rings (SSSR count). The number of sulfonamides is 1. The molecule has 0 radical (unpaired) electrons. The number of aromatic nitrogens is 3. The fourth-order valence-corrected chi connectivity index (χ4v) is 4.18. The van der Waals surface area contributed by atoms with E-state index in [9.17, 15) is 17.6 Å².